The molecule has 1 N–H and O–H groups in total. The van der Waals surface area contributed by atoms with Gasteiger partial charge in [-0.3, -0.25) is 4.98 Å². The highest BCUT2D eigenvalue weighted by molar-refractivity contribution is 6.32. The number of fused-ring (bicyclic) bond motifs is 1. The van der Waals surface area contributed by atoms with Crippen LogP contribution in [0, 0.1) is 6.92 Å². The van der Waals surface area contributed by atoms with E-state index in [0.29, 0.717) is 22.9 Å². The van der Waals surface area contributed by atoms with Crippen molar-refractivity contribution in [2.75, 3.05) is 25.1 Å². The number of halogens is 1. The number of hydrogen-bond donors (Lipinski definition) is 1. The number of ether oxygens (including phenoxy) is 1. The van der Waals surface area contributed by atoms with Crippen LogP contribution in [-0.2, 0) is 0 Å². The van der Waals surface area contributed by atoms with Crippen molar-refractivity contribution in [3.63, 3.8) is 0 Å². The number of nitrogens with zero attached hydrogens (tertiary/aromatic N) is 4. The molecule has 5 rings (SSSR count). The van der Waals surface area contributed by atoms with Gasteiger partial charge in [0, 0.05) is 67.3 Å². The molecule has 170 valence electrons. The van der Waals surface area contributed by atoms with E-state index in [2.05, 4.69) is 63.2 Å². The molecule has 0 aliphatic carbocycles. The quantitative estimate of drug-likeness (QED) is 0.422. The van der Waals surface area contributed by atoms with Gasteiger partial charge in [0.25, 0.3) is 0 Å². The number of nitrogens with one attached hydrogen (secondary N) is 1. The Labute approximate surface area is 199 Å². The van der Waals surface area contributed by atoms with E-state index in [-0.39, 0.29) is 0 Å². The smallest absolute Gasteiger partial charge is 0.139 e. The molecule has 33 heavy (non-hydrogen) atoms. The van der Waals surface area contributed by atoms with E-state index in [0.717, 1.165) is 42.0 Å². The second-order valence-electron chi connectivity index (χ2n) is 8.68. The highest BCUT2D eigenvalue weighted by Gasteiger charge is 2.24. The molecule has 0 bridgehead atoms. The fourth-order valence-electron chi connectivity index (χ4n) is 4.62. The number of imidazole rings is 1. The molecule has 2 atom stereocenters. The monoisotopic (exact) mass is 461 g/mol. The number of rotatable bonds is 6. The summed E-state index contributed by atoms with van der Waals surface area (Å²) in [6, 6.07) is 13.1. The van der Waals surface area contributed by atoms with Gasteiger partial charge in [0.2, 0.25) is 0 Å². The third-order valence-electron chi connectivity index (χ3n) is 6.46. The second-order valence-corrected chi connectivity index (χ2v) is 9.09. The maximum atomic E-state index is 6.37. The lowest BCUT2D eigenvalue weighted by Crippen LogP contribution is -2.34. The van der Waals surface area contributed by atoms with Gasteiger partial charge < -0.3 is 19.4 Å². The Bertz CT molecular complexity index is 1270. The van der Waals surface area contributed by atoms with Crippen LogP contribution in [-0.4, -0.2) is 40.6 Å². The maximum Gasteiger partial charge on any atom is 0.139 e. The highest BCUT2D eigenvalue weighted by atomic mass is 35.5. The standard InChI is InChI=1S/C26H28ClN5O/c1-17-12-25(33-3)23(27)14-22(17)24-16-32-11-7-21(13-26(32)30-24)31-10-6-20(15-31)29-18(2)19-4-8-28-9-5-19/h4-5,7-9,11-14,16,18,20,29H,6,10,15H2,1-3H3. The third-order valence-corrected chi connectivity index (χ3v) is 6.76. The number of benzene rings is 1. The van der Waals surface area contributed by atoms with Crippen molar-refractivity contribution in [1.29, 1.82) is 0 Å². The summed E-state index contributed by atoms with van der Waals surface area (Å²) in [6.07, 6.45) is 8.95. The zero-order chi connectivity index (χ0) is 22.9. The Morgan fingerprint density at radius 2 is 2.00 bits per heavy atom. The van der Waals surface area contributed by atoms with Gasteiger partial charge in [-0.05, 0) is 61.7 Å². The molecular weight excluding hydrogens is 434 g/mol. The van der Waals surface area contributed by atoms with E-state index in [1.807, 2.05) is 31.5 Å². The van der Waals surface area contributed by atoms with Gasteiger partial charge in [-0.25, -0.2) is 4.98 Å². The van der Waals surface area contributed by atoms with Crippen molar-refractivity contribution in [1.82, 2.24) is 19.7 Å². The van der Waals surface area contributed by atoms with Crippen molar-refractivity contribution in [3.05, 3.63) is 77.3 Å². The van der Waals surface area contributed by atoms with Crippen LogP contribution in [0.3, 0.4) is 0 Å². The Morgan fingerprint density at radius 1 is 1.18 bits per heavy atom. The molecule has 1 fully saturated rings. The molecular formula is C26H28ClN5O. The van der Waals surface area contributed by atoms with Gasteiger partial charge in [0.05, 0.1) is 17.8 Å². The average Bonchev–Trinajstić information content (AvgIpc) is 3.47. The Kier molecular flexibility index (Phi) is 5.96. The summed E-state index contributed by atoms with van der Waals surface area (Å²) in [5, 5.41) is 4.36. The summed E-state index contributed by atoms with van der Waals surface area (Å²) >= 11 is 6.37. The molecule has 1 saturated heterocycles. The first-order chi connectivity index (χ1) is 16.0. The zero-order valence-corrected chi connectivity index (χ0v) is 19.9. The maximum absolute atomic E-state index is 6.37. The molecule has 1 aliphatic heterocycles. The Morgan fingerprint density at radius 3 is 2.79 bits per heavy atom. The average molecular weight is 462 g/mol. The predicted octanol–water partition coefficient (Wildman–Crippen LogP) is 5.30. The molecule has 0 amide bonds. The lowest BCUT2D eigenvalue weighted by molar-refractivity contribution is 0.415. The number of aryl methyl sites for hydroxylation is 1. The van der Waals surface area contributed by atoms with Gasteiger partial charge in [0.15, 0.2) is 0 Å². The van der Waals surface area contributed by atoms with Gasteiger partial charge in [0.1, 0.15) is 11.4 Å². The van der Waals surface area contributed by atoms with Gasteiger partial charge in [-0.15, -0.1) is 0 Å². The van der Waals surface area contributed by atoms with Gasteiger partial charge >= 0.3 is 0 Å². The van der Waals surface area contributed by atoms with Crippen LogP contribution in [0.25, 0.3) is 16.9 Å². The van der Waals surface area contributed by atoms with Crippen LogP contribution < -0.4 is 15.0 Å². The molecule has 4 aromatic rings. The molecule has 4 heterocycles. The first kappa shape index (κ1) is 21.7. The summed E-state index contributed by atoms with van der Waals surface area (Å²) in [7, 11) is 1.63. The summed E-state index contributed by atoms with van der Waals surface area (Å²) in [5.74, 6) is 0.680. The summed E-state index contributed by atoms with van der Waals surface area (Å²) < 4.78 is 7.40. The van der Waals surface area contributed by atoms with Crippen molar-refractivity contribution < 1.29 is 4.74 Å². The highest BCUT2D eigenvalue weighted by Crippen LogP contribution is 2.33. The molecule has 7 heteroatoms. The number of aromatic nitrogens is 3. The topological polar surface area (TPSA) is 54.7 Å². The van der Waals surface area contributed by atoms with Crippen molar-refractivity contribution in [2.45, 2.75) is 32.4 Å². The van der Waals surface area contributed by atoms with Crippen molar-refractivity contribution >= 4 is 22.9 Å². The first-order valence-electron chi connectivity index (χ1n) is 11.3. The largest absolute Gasteiger partial charge is 0.495 e. The number of pyridine rings is 2. The molecule has 1 aliphatic rings. The van der Waals surface area contributed by atoms with Crippen LogP contribution in [0.5, 0.6) is 5.75 Å². The normalized spacial score (nSPS) is 17.0. The first-order valence-corrected chi connectivity index (χ1v) is 11.6. The molecule has 3 aromatic heterocycles. The predicted molar refractivity (Wildman–Crippen MR) is 133 cm³/mol. The minimum absolute atomic E-state index is 0.301. The van der Waals surface area contributed by atoms with Crippen molar-refractivity contribution in [2.24, 2.45) is 0 Å². The number of hydrogen-bond acceptors (Lipinski definition) is 5. The van der Waals surface area contributed by atoms with E-state index in [1.165, 1.54) is 11.3 Å². The molecule has 0 saturated carbocycles. The van der Waals surface area contributed by atoms with E-state index < -0.39 is 0 Å². The van der Waals surface area contributed by atoms with E-state index in [1.54, 1.807) is 7.11 Å². The van der Waals surface area contributed by atoms with Crippen LogP contribution in [0.4, 0.5) is 5.69 Å². The lowest BCUT2D eigenvalue weighted by Gasteiger charge is -2.22. The minimum atomic E-state index is 0.301. The van der Waals surface area contributed by atoms with Crippen LogP contribution in [0.1, 0.15) is 30.5 Å². The fraction of sp³-hybridized carbons (Fsp3) is 0.308. The SMILES string of the molecule is COc1cc(C)c(-c2cn3ccc(N4CCC(NC(C)c5ccncc5)C4)cc3n2)cc1Cl. The molecule has 0 spiro atoms. The molecule has 0 radical (unpaired) electrons. The second kappa shape index (κ2) is 9.04. The minimum Gasteiger partial charge on any atom is -0.495 e. The Balaban J connectivity index is 1.33. The number of anilines is 1. The fourth-order valence-corrected chi connectivity index (χ4v) is 4.86. The van der Waals surface area contributed by atoms with Crippen LogP contribution in [0.2, 0.25) is 5.02 Å². The Hall–Kier alpha value is -3.09. The molecule has 6 nitrogen and oxygen atoms in total. The zero-order valence-electron chi connectivity index (χ0n) is 19.1. The molecule has 2 unspecified atom stereocenters. The van der Waals surface area contributed by atoms with Gasteiger partial charge in [-0.1, -0.05) is 11.6 Å². The van der Waals surface area contributed by atoms with Gasteiger partial charge in [-0.2, -0.15) is 0 Å². The van der Waals surface area contributed by atoms with E-state index in [4.69, 9.17) is 21.3 Å². The summed E-state index contributed by atoms with van der Waals surface area (Å²) in [5.41, 5.74) is 6.39. The molecule has 1 aromatic carbocycles. The van der Waals surface area contributed by atoms with E-state index >= 15 is 0 Å². The van der Waals surface area contributed by atoms with Crippen molar-refractivity contribution in [3.8, 4) is 17.0 Å². The van der Waals surface area contributed by atoms with Crippen LogP contribution in [0.15, 0.2) is 61.2 Å². The lowest BCUT2D eigenvalue weighted by atomic mass is 10.1. The summed E-state index contributed by atoms with van der Waals surface area (Å²) in [4.78, 5) is 11.4. The summed E-state index contributed by atoms with van der Waals surface area (Å²) in [6.45, 7) is 6.27. The third kappa shape index (κ3) is 4.41. The number of methoxy groups -OCH3 is 1. The van der Waals surface area contributed by atoms with E-state index in [9.17, 15) is 0 Å². The van der Waals surface area contributed by atoms with Crippen LogP contribution >= 0.6 is 11.6 Å².